The minimum atomic E-state index is -0.119. The number of nitrogens with zero attached hydrogens (tertiary/aromatic N) is 3. The van der Waals surface area contributed by atoms with Crippen molar-refractivity contribution in [2.75, 3.05) is 5.32 Å². The second kappa shape index (κ2) is 10.7. The third kappa shape index (κ3) is 5.47. The van der Waals surface area contributed by atoms with Gasteiger partial charge in [-0.2, -0.15) is 5.21 Å². The maximum atomic E-state index is 13.0. The van der Waals surface area contributed by atoms with E-state index < -0.39 is 0 Å². The van der Waals surface area contributed by atoms with Crippen LogP contribution in [0.5, 0.6) is 5.75 Å². The summed E-state index contributed by atoms with van der Waals surface area (Å²) in [5, 5.41) is 17.5. The van der Waals surface area contributed by atoms with Gasteiger partial charge in [-0.05, 0) is 46.5 Å². The van der Waals surface area contributed by atoms with Crippen molar-refractivity contribution in [1.82, 2.24) is 20.6 Å². The van der Waals surface area contributed by atoms with Gasteiger partial charge < -0.3 is 10.1 Å². The fourth-order valence-electron chi connectivity index (χ4n) is 3.95. The number of tetrazole rings is 1. The molecule has 2 N–H and O–H groups in total. The molecule has 0 unspecified atom stereocenters. The number of carbonyl (C=O) groups excluding carboxylic acids is 1. The number of aromatic nitrogens is 4. The van der Waals surface area contributed by atoms with E-state index in [0.29, 0.717) is 23.9 Å². The molecule has 36 heavy (non-hydrogen) atoms. The van der Waals surface area contributed by atoms with Gasteiger partial charge in [-0.1, -0.05) is 90.5 Å². The van der Waals surface area contributed by atoms with Crippen molar-refractivity contribution in [3.05, 3.63) is 114 Å². The minimum absolute atomic E-state index is 0.119. The van der Waals surface area contributed by atoms with E-state index in [1.165, 1.54) is 0 Å². The van der Waals surface area contributed by atoms with Crippen LogP contribution in [-0.2, 0) is 17.8 Å². The third-order valence-electron chi connectivity index (χ3n) is 5.80. The van der Waals surface area contributed by atoms with Crippen LogP contribution in [0.3, 0.4) is 0 Å². The number of aryl methyl sites for hydroxylation is 1. The van der Waals surface area contributed by atoms with Crippen molar-refractivity contribution in [1.29, 1.82) is 0 Å². The summed E-state index contributed by atoms with van der Waals surface area (Å²) in [6.45, 7) is 2.42. The highest BCUT2D eigenvalue weighted by molar-refractivity contribution is 5.95. The molecule has 0 radical (unpaired) electrons. The minimum Gasteiger partial charge on any atom is -0.487 e. The summed E-state index contributed by atoms with van der Waals surface area (Å²) in [7, 11) is 0. The van der Waals surface area contributed by atoms with Crippen LogP contribution in [0.1, 0.15) is 16.7 Å². The van der Waals surface area contributed by atoms with Crippen molar-refractivity contribution >= 4 is 11.6 Å². The van der Waals surface area contributed by atoms with Crippen LogP contribution in [0.15, 0.2) is 97.1 Å². The van der Waals surface area contributed by atoms with Crippen molar-refractivity contribution in [3.63, 3.8) is 0 Å². The second-order valence-corrected chi connectivity index (χ2v) is 8.48. The van der Waals surface area contributed by atoms with Gasteiger partial charge in [0, 0.05) is 5.56 Å². The van der Waals surface area contributed by atoms with Crippen molar-refractivity contribution in [3.8, 4) is 28.3 Å². The van der Waals surface area contributed by atoms with E-state index in [1.807, 2.05) is 104 Å². The SMILES string of the molecule is Cc1ccc(CC(=O)Nc2cc(-c3ccccc3-c3nn[nH]n3)ccc2OCc2ccccc2)cc1. The molecule has 7 nitrogen and oxygen atoms in total. The predicted octanol–water partition coefficient (Wildman–Crippen LogP) is 5.60. The maximum absolute atomic E-state index is 13.0. The van der Waals surface area contributed by atoms with E-state index in [0.717, 1.165) is 33.4 Å². The number of benzene rings is 4. The molecule has 7 heteroatoms. The van der Waals surface area contributed by atoms with Crippen LogP contribution < -0.4 is 10.1 Å². The smallest absolute Gasteiger partial charge is 0.228 e. The number of amides is 1. The van der Waals surface area contributed by atoms with E-state index in [2.05, 4.69) is 25.9 Å². The van der Waals surface area contributed by atoms with Crippen LogP contribution in [0.4, 0.5) is 5.69 Å². The van der Waals surface area contributed by atoms with E-state index in [9.17, 15) is 4.79 Å². The van der Waals surface area contributed by atoms with Gasteiger partial charge in [0.1, 0.15) is 12.4 Å². The molecule has 0 aliphatic rings. The standard InChI is InChI=1S/C29H25N5O2/c1-20-11-13-21(14-12-20)17-28(35)30-26-18-23(15-16-27(26)36-19-22-7-3-2-4-8-22)24-9-5-6-10-25(24)29-31-33-34-32-29/h2-16,18H,17,19H2,1H3,(H,30,35)(H,31,32,33,34). The summed E-state index contributed by atoms with van der Waals surface area (Å²) in [4.78, 5) is 13.0. The molecule has 1 aromatic heterocycles. The summed E-state index contributed by atoms with van der Waals surface area (Å²) < 4.78 is 6.13. The van der Waals surface area contributed by atoms with Crippen LogP contribution in [0.25, 0.3) is 22.5 Å². The normalized spacial score (nSPS) is 10.7. The lowest BCUT2D eigenvalue weighted by Gasteiger charge is -2.16. The molecule has 0 bridgehead atoms. The Balaban J connectivity index is 1.46. The largest absolute Gasteiger partial charge is 0.487 e. The Labute approximate surface area is 209 Å². The van der Waals surface area contributed by atoms with Gasteiger partial charge in [-0.3, -0.25) is 4.79 Å². The van der Waals surface area contributed by atoms with Crippen molar-refractivity contribution in [2.24, 2.45) is 0 Å². The van der Waals surface area contributed by atoms with Gasteiger partial charge in [0.05, 0.1) is 12.1 Å². The van der Waals surface area contributed by atoms with Crippen molar-refractivity contribution < 1.29 is 9.53 Å². The fraction of sp³-hybridized carbons (Fsp3) is 0.103. The second-order valence-electron chi connectivity index (χ2n) is 8.48. The average molecular weight is 476 g/mol. The third-order valence-corrected chi connectivity index (χ3v) is 5.80. The summed E-state index contributed by atoms with van der Waals surface area (Å²) in [6, 6.07) is 31.5. The summed E-state index contributed by atoms with van der Waals surface area (Å²) in [5.41, 5.74) is 6.40. The first kappa shape index (κ1) is 23.0. The van der Waals surface area contributed by atoms with Crippen LogP contribution in [0, 0.1) is 6.92 Å². The fourth-order valence-corrected chi connectivity index (χ4v) is 3.95. The summed E-state index contributed by atoms with van der Waals surface area (Å²) in [6.07, 6.45) is 0.266. The average Bonchev–Trinajstić information content (AvgIpc) is 3.45. The Morgan fingerprint density at radius 2 is 1.61 bits per heavy atom. The van der Waals surface area contributed by atoms with Gasteiger partial charge >= 0.3 is 0 Å². The number of anilines is 1. The molecule has 0 atom stereocenters. The quantitative estimate of drug-likeness (QED) is 0.305. The predicted molar refractivity (Wildman–Crippen MR) is 139 cm³/mol. The van der Waals surface area contributed by atoms with Crippen molar-refractivity contribution in [2.45, 2.75) is 20.0 Å². The molecular weight excluding hydrogens is 450 g/mol. The molecular formula is C29H25N5O2. The number of hydrogen-bond donors (Lipinski definition) is 2. The summed E-state index contributed by atoms with van der Waals surface area (Å²) in [5.74, 6) is 0.976. The van der Waals surface area contributed by atoms with E-state index in [1.54, 1.807) is 0 Å². The number of aromatic amines is 1. The van der Waals surface area contributed by atoms with Gasteiger partial charge in [0.2, 0.25) is 11.7 Å². The van der Waals surface area contributed by atoms with Gasteiger partial charge in [0.15, 0.2) is 0 Å². The van der Waals surface area contributed by atoms with Gasteiger partial charge in [-0.25, -0.2) is 0 Å². The van der Waals surface area contributed by atoms with Crippen LogP contribution >= 0.6 is 0 Å². The Morgan fingerprint density at radius 3 is 2.36 bits per heavy atom. The maximum Gasteiger partial charge on any atom is 0.228 e. The molecule has 178 valence electrons. The topological polar surface area (TPSA) is 92.8 Å². The molecule has 0 saturated carbocycles. The van der Waals surface area contributed by atoms with Gasteiger partial charge in [0.25, 0.3) is 0 Å². The lowest BCUT2D eigenvalue weighted by molar-refractivity contribution is -0.115. The number of H-pyrrole nitrogens is 1. The van der Waals surface area contributed by atoms with Crippen LogP contribution in [0.2, 0.25) is 0 Å². The number of carbonyl (C=O) groups is 1. The van der Waals surface area contributed by atoms with Crippen LogP contribution in [-0.4, -0.2) is 26.5 Å². The lowest BCUT2D eigenvalue weighted by Crippen LogP contribution is -2.15. The lowest BCUT2D eigenvalue weighted by atomic mass is 9.98. The molecule has 5 rings (SSSR count). The Hall–Kier alpha value is -4.78. The molecule has 0 aliphatic heterocycles. The molecule has 4 aromatic carbocycles. The van der Waals surface area contributed by atoms with E-state index in [-0.39, 0.29) is 12.3 Å². The number of rotatable bonds is 8. The molecule has 0 aliphatic carbocycles. The van der Waals surface area contributed by atoms with Gasteiger partial charge in [-0.15, -0.1) is 10.2 Å². The highest BCUT2D eigenvalue weighted by Gasteiger charge is 2.15. The first-order chi connectivity index (χ1) is 17.7. The molecule has 0 saturated heterocycles. The highest BCUT2D eigenvalue weighted by atomic mass is 16.5. The Bertz CT molecular complexity index is 1450. The zero-order chi connectivity index (χ0) is 24.7. The number of ether oxygens (including phenoxy) is 1. The zero-order valence-electron chi connectivity index (χ0n) is 19.8. The molecule has 1 amide bonds. The summed E-state index contributed by atoms with van der Waals surface area (Å²) >= 11 is 0. The first-order valence-corrected chi connectivity index (χ1v) is 11.6. The highest BCUT2D eigenvalue weighted by Crippen LogP contribution is 2.35. The van der Waals surface area contributed by atoms with E-state index in [4.69, 9.17) is 4.74 Å². The first-order valence-electron chi connectivity index (χ1n) is 11.6. The zero-order valence-corrected chi connectivity index (χ0v) is 19.8. The molecule has 5 aromatic rings. The monoisotopic (exact) mass is 475 g/mol. The molecule has 0 fully saturated rings. The van der Waals surface area contributed by atoms with E-state index >= 15 is 0 Å². The Morgan fingerprint density at radius 1 is 0.861 bits per heavy atom. The molecule has 0 spiro atoms. The molecule has 1 heterocycles. The Kier molecular flexibility index (Phi) is 6.80. The number of hydrogen-bond acceptors (Lipinski definition) is 5. The number of nitrogens with one attached hydrogen (secondary N) is 2.